The van der Waals surface area contributed by atoms with Crippen LogP contribution in [0.5, 0.6) is 0 Å². The van der Waals surface area contributed by atoms with Crippen LogP contribution in [0.1, 0.15) is 45.1 Å². The first-order chi connectivity index (χ1) is 19.7. The van der Waals surface area contributed by atoms with E-state index in [1.807, 2.05) is 0 Å². The number of amides is 3. The summed E-state index contributed by atoms with van der Waals surface area (Å²) in [7, 11) is -4.61. The lowest BCUT2D eigenvalue weighted by molar-refractivity contribution is -0.137. The molecular weight excluding hydrogens is 616 g/mol. The second-order valence-corrected chi connectivity index (χ2v) is 13.7. The largest absolute Gasteiger partial charge is 0.416 e. The highest BCUT2D eigenvalue weighted by Gasteiger charge is 2.43. The average molecular weight is 650 g/mol. The molecule has 2 fully saturated rings. The van der Waals surface area contributed by atoms with Crippen LogP contribution in [-0.2, 0) is 21.0 Å². The van der Waals surface area contributed by atoms with Crippen LogP contribution in [0, 0.1) is 11.8 Å². The van der Waals surface area contributed by atoms with Crippen molar-refractivity contribution in [3.05, 3.63) is 58.1 Å². The zero-order valence-electron chi connectivity index (χ0n) is 23.1. The first-order valence-corrected chi connectivity index (χ1v) is 15.9. The molecule has 3 amide bonds. The molecule has 1 unspecified atom stereocenters. The molecule has 42 heavy (non-hydrogen) atoms. The molecule has 230 valence electrons. The summed E-state index contributed by atoms with van der Waals surface area (Å²) in [6.07, 6.45) is -1.54. The van der Waals surface area contributed by atoms with Crippen LogP contribution < -0.4 is 14.9 Å². The van der Waals surface area contributed by atoms with Crippen molar-refractivity contribution in [2.45, 2.75) is 62.7 Å². The van der Waals surface area contributed by atoms with E-state index in [2.05, 4.69) is 10.6 Å². The SMILES string of the molecule is CC(C)C(C(=O)N1CCC[C@@H](CNC(=O)NC2CC2)C1)N(c1cc(C(F)(F)F)ccc1Cl)S(=O)(=O)c1ccc(Cl)cc1. The van der Waals surface area contributed by atoms with Gasteiger partial charge in [-0.1, -0.05) is 37.0 Å². The molecule has 1 heterocycles. The second-order valence-electron chi connectivity index (χ2n) is 11.0. The molecule has 1 saturated carbocycles. The lowest BCUT2D eigenvalue weighted by Crippen LogP contribution is -2.56. The summed E-state index contributed by atoms with van der Waals surface area (Å²) in [4.78, 5) is 27.5. The number of carbonyl (C=O) groups excluding carboxylic acids is 2. The third kappa shape index (κ3) is 7.62. The molecule has 4 rings (SSSR count). The van der Waals surface area contributed by atoms with E-state index >= 15 is 0 Å². The number of rotatable bonds is 9. The molecule has 1 aliphatic heterocycles. The van der Waals surface area contributed by atoms with Gasteiger partial charge in [0.25, 0.3) is 10.0 Å². The molecule has 1 saturated heterocycles. The van der Waals surface area contributed by atoms with Crippen LogP contribution in [0.25, 0.3) is 0 Å². The fourth-order valence-corrected chi connectivity index (χ4v) is 7.12. The van der Waals surface area contributed by atoms with Gasteiger partial charge in [0.05, 0.1) is 21.2 Å². The third-order valence-corrected chi connectivity index (χ3v) is 9.69. The van der Waals surface area contributed by atoms with Gasteiger partial charge < -0.3 is 15.5 Å². The van der Waals surface area contributed by atoms with Crippen LogP contribution in [0.4, 0.5) is 23.7 Å². The smallest absolute Gasteiger partial charge is 0.341 e. The van der Waals surface area contributed by atoms with E-state index in [0.29, 0.717) is 29.9 Å². The molecule has 14 heteroatoms. The number of anilines is 1. The Morgan fingerprint density at radius 1 is 1.07 bits per heavy atom. The van der Waals surface area contributed by atoms with E-state index in [1.165, 1.54) is 29.2 Å². The number of hydrogen-bond donors (Lipinski definition) is 2. The van der Waals surface area contributed by atoms with E-state index in [-0.39, 0.29) is 39.5 Å². The monoisotopic (exact) mass is 648 g/mol. The summed E-state index contributed by atoms with van der Waals surface area (Å²) >= 11 is 12.3. The molecule has 2 atom stereocenters. The summed E-state index contributed by atoms with van der Waals surface area (Å²) in [5, 5.41) is 5.67. The normalized spacial score (nSPS) is 18.5. The highest BCUT2D eigenvalue weighted by Crippen LogP contribution is 2.40. The molecule has 2 aliphatic rings. The van der Waals surface area contributed by atoms with Crippen molar-refractivity contribution >= 4 is 50.9 Å². The number of carbonyl (C=O) groups is 2. The van der Waals surface area contributed by atoms with Gasteiger partial charge in [0.2, 0.25) is 5.91 Å². The van der Waals surface area contributed by atoms with Crippen molar-refractivity contribution in [1.29, 1.82) is 0 Å². The molecule has 0 radical (unpaired) electrons. The minimum atomic E-state index is -4.79. The number of nitrogens with zero attached hydrogens (tertiary/aromatic N) is 2. The molecule has 8 nitrogen and oxygen atoms in total. The minimum Gasteiger partial charge on any atom is -0.341 e. The zero-order valence-corrected chi connectivity index (χ0v) is 25.5. The maximum Gasteiger partial charge on any atom is 0.416 e. The Morgan fingerprint density at radius 3 is 2.33 bits per heavy atom. The Labute approximate surface area is 253 Å². The molecule has 0 aromatic heterocycles. The van der Waals surface area contributed by atoms with Gasteiger partial charge in [0.1, 0.15) is 6.04 Å². The van der Waals surface area contributed by atoms with E-state index in [4.69, 9.17) is 23.2 Å². The van der Waals surface area contributed by atoms with E-state index in [0.717, 1.165) is 31.4 Å². The summed E-state index contributed by atoms with van der Waals surface area (Å²) in [6.45, 7) is 4.15. The van der Waals surface area contributed by atoms with Gasteiger partial charge in [0, 0.05) is 30.7 Å². The van der Waals surface area contributed by atoms with Gasteiger partial charge in [-0.2, -0.15) is 13.2 Å². The summed E-state index contributed by atoms with van der Waals surface area (Å²) in [5.41, 5.74) is -1.57. The van der Waals surface area contributed by atoms with Crippen molar-refractivity contribution in [1.82, 2.24) is 15.5 Å². The highest BCUT2D eigenvalue weighted by molar-refractivity contribution is 7.93. The fraction of sp³-hybridized carbons (Fsp3) is 0.500. The van der Waals surface area contributed by atoms with Gasteiger partial charge in [-0.25, -0.2) is 13.2 Å². The Morgan fingerprint density at radius 2 is 1.74 bits per heavy atom. The zero-order chi connectivity index (χ0) is 30.8. The van der Waals surface area contributed by atoms with Crippen LogP contribution in [-0.4, -0.2) is 57.0 Å². The standard InChI is InChI=1S/C28H33Cl2F3N4O4S/c1-17(2)25(26(38)36-13-3-4-18(16-36)15-34-27(39)35-21-8-9-21)37(42(40,41)22-10-6-20(29)7-11-22)24-14-19(28(31,32)33)5-12-23(24)30/h5-7,10-12,14,17-18,21,25H,3-4,8-9,13,15-16H2,1-2H3,(H2,34,35,39)/t18-,25?/m0/s1. The predicted molar refractivity (Wildman–Crippen MR) is 155 cm³/mol. The van der Waals surface area contributed by atoms with Crippen molar-refractivity contribution in [3.63, 3.8) is 0 Å². The number of benzene rings is 2. The van der Waals surface area contributed by atoms with Gasteiger partial charge in [0.15, 0.2) is 0 Å². The third-order valence-electron chi connectivity index (χ3n) is 7.31. The first kappa shape index (κ1) is 32.2. The Bertz CT molecular complexity index is 1400. The summed E-state index contributed by atoms with van der Waals surface area (Å²) in [5.74, 6) is -1.31. The number of hydrogen-bond acceptors (Lipinski definition) is 4. The molecular formula is C28H33Cl2F3N4O4S. The van der Waals surface area contributed by atoms with Crippen LogP contribution in [0.3, 0.4) is 0 Å². The van der Waals surface area contributed by atoms with Gasteiger partial charge in [-0.3, -0.25) is 9.10 Å². The molecule has 0 bridgehead atoms. The van der Waals surface area contributed by atoms with E-state index < -0.39 is 45.3 Å². The van der Waals surface area contributed by atoms with Crippen LogP contribution >= 0.6 is 23.2 Å². The van der Waals surface area contributed by atoms with Crippen molar-refractivity contribution in [3.8, 4) is 0 Å². The molecule has 2 aromatic rings. The topological polar surface area (TPSA) is 98.8 Å². The minimum absolute atomic E-state index is 0.0843. The first-order valence-electron chi connectivity index (χ1n) is 13.7. The van der Waals surface area contributed by atoms with Gasteiger partial charge in [-0.15, -0.1) is 0 Å². The highest BCUT2D eigenvalue weighted by atomic mass is 35.5. The van der Waals surface area contributed by atoms with E-state index in [1.54, 1.807) is 13.8 Å². The number of urea groups is 1. The molecule has 2 N–H and O–H groups in total. The lowest BCUT2D eigenvalue weighted by atomic mass is 9.95. The maximum atomic E-state index is 14.2. The Balaban J connectivity index is 1.70. The Kier molecular flexibility index (Phi) is 9.89. The number of sulfonamides is 1. The maximum absolute atomic E-state index is 14.2. The molecule has 0 spiro atoms. The van der Waals surface area contributed by atoms with Gasteiger partial charge >= 0.3 is 12.2 Å². The second kappa shape index (κ2) is 12.9. The van der Waals surface area contributed by atoms with Gasteiger partial charge in [-0.05, 0) is 80.0 Å². The fourth-order valence-electron chi connectivity index (χ4n) is 4.98. The number of likely N-dealkylation sites (tertiary alicyclic amines) is 1. The molecule has 2 aromatic carbocycles. The Hall–Kier alpha value is -2.70. The average Bonchev–Trinajstić information content (AvgIpc) is 3.74. The van der Waals surface area contributed by atoms with Crippen LogP contribution in [0.2, 0.25) is 10.0 Å². The predicted octanol–water partition coefficient (Wildman–Crippen LogP) is 5.93. The quantitative estimate of drug-likeness (QED) is 0.352. The lowest BCUT2D eigenvalue weighted by Gasteiger charge is -2.40. The van der Waals surface area contributed by atoms with Crippen LogP contribution in [0.15, 0.2) is 47.4 Å². The van der Waals surface area contributed by atoms with E-state index in [9.17, 15) is 31.2 Å². The number of nitrogens with one attached hydrogen (secondary N) is 2. The number of piperidine rings is 1. The van der Waals surface area contributed by atoms with Crippen molar-refractivity contribution in [2.24, 2.45) is 11.8 Å². The number of alkyl halides is 3. The van der Waals surface area contributed by atoms with Crippen molar-refractivity contribution < 1.29 is 31.2 Å². The summed E-state index contributed by atoms with van der Waals surface area (Å²) in [6, 6.07) is 6.01. The summed E-state index contributed by atoms with van der Waals surface area (Å²) < 4.78 is 70.2. The number of halogens is 5. The molecule has 1 aliphatic carbocycles. The van der Waals surface area contributed by atoms with Crippen molar-refractivity contribution in [2.75, 3.05) is 23.9 Å².